The summed E-state index contributed by atoms with van der Waals surface area (Å²) >= 11 is 5.73. The summed E-state index contributed by atoms with van der Waals surface area (Å²) < 4.78 is 38.2. The molecule has 0 aliphatic carbocycles. The maximum atomic E-state index is 12.7. The molecular weight excluding hydrogens is 303 g/mol. The normalized spacial score (nSPS) is 13.0. The first-order valence-electron chi connectivity index (χ1n) is 6.19. The molecule has 1 atom stereocenters. The van der Waals surface area contributed by atoms with Crippen LogP contribution in [0.15, 0.2) is 42.5 Å². The molecule has 0 saturated heterocycles. The average molecular weight is 316 g/mol. The molecule has 2 aromatic rings. The van der Waals surface area contributed by atoms with Gasteiger partial charge in [0.25, 0.3) is 0 Å². The van der Waals surface area contributed by atoms with Crippen molar-refractivity contribution in [3.05, 3.63) is 58.6 Å². The SMILES string of the molecule is CC(Nc1cc(Cl)cc(C(F)(F)F)c1)c1cccc(O)c1. The van der Waals surface area contributed by atoms with E-state index < -0.39 is 11.7 Å². The molecule has 0 aliphatic heterocycles. The van der Waals surface area contributed by atoms with Crippen LogP contribution < -0.4 is 5.32 Å². The maximum Gasteiger partial charge on any atom is 0.416 e. The highest BCUT2D eigenvalue weighted by Gasteiger charge is 2.31. The molecule has 0 bridgehead atoms. The monoisotopic (exact) mass is 315 g/mol. The molecule has 112 valence electrons. The molecule has 0 aromatic heterocycles. The lowest BCUT2D eigenvalue weighted by Crippen LogP contribution is -2.09. The van der Waals surface area contributed by atoms with E-state index in [4.69, 9.17) is 11.6 Å². The van der Waals surface area contributed by atoms with Gasteiger partial charge in [0.2, 0.25) is 0 Å². The van der Waals surface area contributed by atoms with Gasteiger partial charge in [-0.05, 0) is 42.8 Å². The summed E-state index contributed by atoms with van der Waals surface area (Å²) in [6.07, 6.45) is -4.45. The Morgan fingerprint density at radius 1 is 1.14 bits per heavy atom. The smallest absolute Gasteiger partial charge is 0.416 e. The van der Waals surface area contributed by atoms with Crippen molar-refractivity contribution in [2.24, 2.45) is 0 Å². The van der Waals surface area contributed by atoms with Crippen LogP contribution in [0, 0.1) is 0 Å². The van der Waals surface area contributed by atoms with E-state index in [-0.39, 0.29) is 22.5 Å². The Morgan fingerprint density at radius 3 is 2.48 bits per heavy atom. The zero-order valence-corrected chi connectivity index (χ0v) is 11.8. The van der Waals surface area contributed by atoms with Gasteiger partial charge in [-0.1, -0.05) is 23.7 Å². The number of hydrogen-bond donors (Lipinski definition) is 2. The molecule has 0 saturated carbocycles. The van der Waals surface area contributed by atoms with Crippen LogP contribution >= 0.6 is 11.6 Å². The van der Waals surface area contributed by atoms with Gasteiger partial charge in [0.1, 0.15) is 5.75 Å². The Balaban J connectivity index is 2.25. The topological polar surface area (TPSA) is 32.3 Å². The minimum atomic E-state index is -4.45. The highest BCUT2D eigenvalue weighted by Crippen LogP contribution is 2.34. The van der Waals surface area contributed by atoms with E-state index in [9.17, 15) is 18.3 Å². The van der Waals surface area contributed by atoms with Gasteiger partial charge in [0.05, 0.1) is 5.56 Å². The second-order valence-electron chi connectivity index (χ2n) is 4.69. The Labute approximate surface area is 125 Å². The minimum absolute atomic E-state index is 0.00966. The van der Waals surface area contributed by atoms with Gasteiger partial charge in [-0.15, -0.1) is 0 Å². The summed E-state index contributed by atoms with van der Waals surface area (Å²) in [7, 11) is 0. The van der Waals surface area contributed by atoms with Crippen molar-refractivity contribution < 1.29 is 18.3 Å². The predicted octanol–water partition coefficient (Wildman–Crippen LogP) is 5.24. The van der Waals surface area contributed by atoms with E-state index in [1.807, 2.05) is 0 Å². The molecule has 0 radical (unpaired) electrons. The van der Waals surface area contributed by atoms with E-state index >= 15 is 0 Å². The Bertz CT molecular complexity index is 643. The average Bonchev–Trinajstić information content (AvgIpc) is 2.37. The van der Waals surface area contributed by atoms with Crippen molar-refractivity contribution >= 4 is 17.3 Å². The van der Waals surface area contributed by atoms with Gasteiger partial charge < -0.3 is 10.4 Å². The van der Waals surface area contributed by atoms with Gasteiger partial charge in [0.15, 0.2) is 0 Å². The minimum Gasteiger partial charge on any atom is -0.508 e. The largest absolute Gasteiger partial charge is 0.508 e. The standard InChI is InChI=1S/C15H13ClF3NO/c1-9(10-3-2-4-14(21)5-10)20-13-7-11(15(17,18)19)6-12(16)8-13/h2-9,20-21H,1H3. The van der Waals surface area contributed by atoms with Crippen LogP contribution in [0.5, 0.6) is 5.75 Å². The van der Waals surface area contributed by atoms with E-state index in [1.165, 1.54) is 12.1 Å². The fraction of sp³-hybridized carbons (Fsp3) is 0.200. The van der Waals surface area contributed by atoms with E-state index in [0.717, 1.165) is 17.7 Å². The third-order valence-corrected chi connectivity index (χ3v) is 3.20. The highest BCUT2D eigenvalue weighted by molar-refractivity contribution is 6.30. The second kappa shape index (κ2) is 5.85. The van der Waals surface area contributed by atoms with Crippen molar-refractivity contribution in [1.29, 1.82) is 0 Å². The summed E-state index contributed by atoms with van der Waals surface area (Å²) in [6, 6.07) is 9.54. The fourth-order valence-corrected chi connectivity index (χ4v) is 2.20. The van der Waals surface area contributed by atoms with Crippen molar-refractivity contribution in [2.75, 3.05) is 5.32 Å². The van der Waals surface area contributed by atoms with Crippen LogP contribution in [0.25, 0.3) is 0 Å². The third kappa shape index (κ3) is 4.04. The van der Waals surface area contributed by atoms with E-state index in [1.54, 1.807) is 25.1 Å². The molecule has 2 aromatic carbocycles. The van der Waals surface area contributed by atoms with E-state index in [0.29, 0.717) is 0 Å². The van der Waals surface area contributed by atoms with Crippen molar-refractivity contribution in [3.8, 4) is 5.75 Å². The summed E-state index contributed by atoms with van der Waals surface area (Å²) in [5, 5.41) is 12.4. The van der Waals surface area contributed by atoms with Gasteiger partial charge >= 0.3 is 6.18 Å². The molecule has 2 rings (SSSR count). The van der Waals surface area contributed by atoms with Crippen molar-refractivity contribution in [2.45, 2.75) is 19.1 Å². The molecule has 1 unspecified atom stereocenters. The van der Waals surface area contributed by atoms with Crippen LogP contribution in [-0.4, -0.2) is 5.11 Å². The van der Waals surface area contributed by atoms with Gasteiger partial charge in [-0.3, -0.25) is 0 Å². The van der Waals surface area contributed by atoms with Gasteiger partial charge in [0, 0.05) is 16.8 Å². The van der Waals surface area contributed by atoms with Crippen LogP contribution in [0.1, 0.15) is 24.1 Å². The zero-order chi connectivity index (χ0) is 15.6. The number of rotatable bonds is 3. The van der Waals surface area contributed by atoms with Crippen molar-refractivity contribution in [3.63, 3.8) is 0 Å². The molecule has 0 spiro atoms. The summed E-state index contributed by atoms with van der Waals surface area (Å²) in [5.74, 6) is 0.100. The Morgan fingerprint density at radius 2 is 1.86 bits per heavy atom. The summed E-state index contributed by atoms with van der Waals surface area (Å²) in [5.41, 5.74) is 0.217. The third-order valence-electron chi connectivity index (χ3n) is 2.98. The number of benzene rings is 2. The quantitative estimate of drug-likeness (QED) is 0.812. The molecule has 21 heavy (non-hydrogen) atoms. The first-order valence-corrected chi connectivity index (χ1v) is 6.57. The first-order chi connectivity index (χ1) is 9.75. The molecular formula is C15H13ClF3NO. The van der Waals surface area contributed by atoms with E-state index in [2.05, 4.69) is 5.32 Å². The number of hydrogen-bond acceptors (Lipinski definition) is 2. The number of phenols is 1. The number of halogens is 4. The number of nitrogens with one attached hydrogen (secondary N) is 1. The number of alkyl halides is 3. The Kier molecular flexibility index (Phi) is 4.32. The molecule has 6 heteroatoms. The lowest BCUT2D eigenvalue weighted by atomic mass is 10.1. The number of phenolic OH excluding ortho intramolecular Hbond substituents is 1. The highest BCUT2D eigenvalue weighted by atomic mass is 35.5. The Hall–Kier alpha value is -1.88. The number of anilines is 1. The lowest BCUT2D eigenvalue weighted by Gasteiger charge is -2.17. The lowest BCUT2D eigenvalue weighted by molar-refractivity contribution is -0.137. The molecule has 0 heterocycles. The first kappa shape index (κ1) is 15.5. The summed E-state index contributed by atoms with van der Waals surface area (Å²) in [6.45, 7) is 1.78. The van der Waals surface area contributed by atoms with Crippen LogP contribution in [0.3, 0.4) is 0 Å². The second-order valence-corrected chi connectivity index (χ2v) is 5.12. The molecule has 2 N–H and O–H groups in total. The number of aromatic hydroxyl groups is 1. The van der Waals surface area contributed by atoms with Crippen LogP contribution in [0.4, 0.5) is 18.9 Å². The van der Waals surface area contributed by atoms with Crippen LogP contribution in [0.2, 0.25) is 5.02 Å². The molecule has 0 fully saturated rings. The zero-order valence-electron chi connectivity index (χ0n) is 11.1. The molecule has 0 amide bonds. The van der Waals surface area contributed by atoms with Crippen LogP contribution in [-0.2, 0) is 6.18 Å². The fourth-order valence-electron chi connectivity index (χ4n) is 1.96. The maximum absolute atomic E-state index is 12.7. The molecule has 0 aliphatic rings. The van der Waals surface area contributed by atoms with Crippen molar-refractivity contribution in [1.82, 2.24) is 0 Å². The summed E-state index contributed by atoms with van der Waals surface area (Å²) in [4.78, 5) is 0. The van der Waals surface area contributed by atoms with Gasteiger partial charge in [-0.2, -0.15) is 13.2 Å². The van der Waals surface area contributed by atoms with Gasteiger partial charge in [-0.25, -0.2) is 0 Å². The predicted molar refractivity (Wildman–Crippen MR) is 76.6 cm³/mol. The molecule has 2 nitrogen and oxygen atoms in total.